The maximum atomic E-state index is 12.4. The van der Waals surface area contributed by atoms with Crippen molar-refractivity contribution in [1.29, 1.82) is 0 Å². The van der Waals surface area contributed by atoms with Crippen LogP contribution in [0, 0.1) is 34.5 Å². The molecular formula is C23H36O5. The van der Waals surface area contributed by atoms with Gasteiger partial charge in [-0.2, -0.15) is 0 Å². The van der Waals surface area contributed by atoms with Crippen molar-refractivity contribution in [3.8, 4) is 0 Å². The summed E-state index contributed by atoms with van der Waals surface area (Å²) in [5.41, 5.74) is -1.91. The quantitative estimate of drug-likeness (QED) is 0.705. The Morgan fingerprint density at radius 1 is 0.964 bits per heavy atom. The van der Waals surface area contributed by atoms with Gasteiger partial charge in [-0.15, -0.1) is 0 Å². The van der Waals surface area contributed by atoms with Crippen LogP contribution in [0.1, 0.15) is 79.1 Å². The minimum Gasteiger partial charge on any atom is -0.463 e. The Balaban J connectivity index is 1.59. The van der Waals surface area contributed by atoms with E-state index in [-0.39, 0.29) is 29.2 Å². The van der Waals surface area contributed by atoms with Crippen molar-refractivity contribution >= 4 is 11.8 Å². The number of ketones is 1. The molecule has 0 aliphatic heterocycles. The fourth-order valence-corrected chi connectivity index (χ4v) is 8.22. The molecule has 4 saturated carbocycles. The third-order valence-electron chi connectivity index (χ3n) is 9.71. The van der Waals surface area contributed by atoms with E-state index in [1.54, 1.807) is 0 Å². The van der Waals surface area contributed by atoms with Gasteiger partial charge >= 0.3 is 5.97 Å². The maximum Gasteiger partial charge on any atom is 0.302 e. The molecule has 2 N–H and O–H groups in total. The number of carbonyl (C=O) groups excluding carboxylic acids is 2. The number of hydrogen-bond donors (Lipinski definition) is 2. The van der Waals surface area contributed by atoms with E-state index in [1.807, 2.05) is 6.92 Å². The lowest BCUT2D eigenvalue weighted by atomic mass is 9.44. The molecule has 5 heteroatoms. The second-order valence-electron chi connectivity index (χ2n) is 10.7. The molecule has 0 aromatic carbocycles. The number of esters is 1. The molecule has 0 unspecified atom stereocenters. The summed E-state index contributed by atoms with van der Waals surface area (Å²) in [4.78, 5) is 23.8. The van der Waals surface area contributed by atoms with Gasteiger partial charge in [-0.3, -0.25) is 9.59 Å². The SMILES string of the molecule is CC(=O)O[C@H]1CC[C@@]2(C)[C@@H](CC[C@@H]3[C@@H]2CC[C@@]2(C)[C@H]3C[C@H](O)[C@]2(O)C(C)=O)C1. The first kappa shape index (κ1) is 20.3. The number of carbonyl (C=O) groups is 2. The Bertz CT molecular complexity index is 676. The summed E-state index contributed by atoms with van der Waals surface area (Å²) in [5, 5.41) is 21.9. The highest BCUT2D eigenvalue weighted by molar-refractivity contribution is 5.87. The van der Waals surface area contributed by atoms with Gasteiger partial charge in [0.15, 0.2) is 11.4 Å². The van der Waals surface area contributed by atoms with Crippen LogP contribution < -0.4 is 0 Å². The summed E-state index contributed by atoms with van der Waals surface area (Å²) in [6.45, 7) is 7.38. The molecule has 4 fully saturated rings. The Morgan fingerprint density at radius 3 is 2.32 bits per heavy atom. The number of aliphatic hydroxyl groups is 2. The summed E-state index contributed by atoms with van der Waals surface area (Å²) in [7, 11) is 0. The molecule has 4 rings (SSSR count). The average Bonchev–Trinajstić information content (AvgIpc) is 2.83. The number of fused-ring (bicyclic) bond motifs is 5. The normalized spacial score (nSPS) is 52.9. The number of rotatable bonds is 2. The van der Waals surface area contributed by atoms with Gasteiger partial charge < -0.3 is 14.9 Å². The van der Waals surface area contributed by atoms with Gasteiger partial charge in [-0.1, -0.05) is 13.8 Å². The average molecular weight is 393 g/mol. The molecule has 0 heterocycles. The van der Waals surface area contributed by atoms with Crippen molar-refractivity contribution in [2.45, 2.75) is 96.9 Å². The number of aliphatic hydroxyl groups excluding tert-OH is 1. The van der Waals surface area contributed by atoms with Crippen molar-refractivity contribution in [1.82, 2.24) is 0 Å². The topological polar surface area (TPSA) is 83.8 Å². The summed E-state index contributed by atoms with van der Waals surface area (Å²) in [6, 6.07) is 0. The molecule has 9 atom stereocenters. The van der Waals surface area contributed by atoms with Crippen LogP contribution in [0.15, 0.2) is 0 Å². The van der Waals surface area contributed by atoms with Crippen molar-refractivity contribution in [2.24, 2.45) is 34.5 Å². The smallest absolute Gasteiger partial charge is 0.302 e. The Hall–Kier alpha value is -0.940. The summed E-state index contributed by atoms with van der Waals surface area (Å²) >= 11 is 0. The lowest BCUT2D eigenvalue weighted by molar-refractivity contribution is -0.183. The molecule has 0 spiro atoms. The first-order valence-corrected chi connectivity index (χ1v) is 11.1. The summed E-state index contributed by atoms with van der Waals surface area (Å²) in [6.07, 6.45) is 6.58. The van der Waals surface area contributed by atoms with Gasteiger partial charge in [0.25, 0.3) is 0 Å². The van der Waals surface area contributed by atoms with E-state index >= 15 is 0 Å². The Labute approximate surface area is 168 Å². The molecule has 4 aliphatic rings. The van der Waals surface area contributed by atoms with E-state index in [0.717, 1.165) is 44.9 Å². The van der Waals surface area contributed by atoms with E-state index in [1.165, 1.54) is 13.8 Å². The first-order valence-electron chi connectivity index (χ1n) is 11.1. The van der Waals surface area contributed by atoms with Gasteiger partial charge in [0, 0.05) is 12.3 Å². The van der Waals surface area contributed by atoms with Crippen LogP contribution >= 0.6 is 0 Å². The van der Waals surface area contributed by atoms with Gasteiger partial charge in [-0.25, -0.2) is 0 Å². The highest BCUT2D eigenvalue weighted by Gasteiger charge is 2.69. The maximum absolute atomic E-state index is 12.4. The molecule has 0 amide bonds. The van der Waals surface area contributed by atoms with Crippen molar-refractivity contribution < 1.29 is 24.5 Å². The minimum atomic E-state index is -1.60. The molecule has 28 heavy (non-hydrogen) atoms. The van der Waals surface area contributed by atoms with Crippen molar-refractivity contribution in [3.63, 3.8) is 0 Å². The molecule has 5 nitrogen and oxygen atoms in total. The standard InChI is InChI=1S/C23H36O5/c1-13(24)23(27)20(26)12-19-17-6-5-15-11-16(28-14(2)25)7-9-21(15,3)18(17)8-10-22(19,23)4/h15-20,26-27H,5-12H2,1-4H3/t15-,16-,17+,18-,19-,20-,21-,22-,23+/m0/s1. The molecule has 0 saturated heterocycles. The van der Waals surface area contributed by atoms with E-state index in [0.29, 0.717) is 24.2 Å². The van der Waals surface area contributed by atoms with E-state index in [2.05, 4.69) is 6.92 Å². The predicted octanol–water partition coefficient (Wildman–Crippen LogP) is 3.25. The molecule has 0 radical (unpaired) electrons. The third kappa shape index (κ3) is 2.57. The molecule has 4 aliphatic carbocycles. The molecule has 158 valence electrons. The highest BCUT2D eigenvalue weighted by atomic mass is 16.5. The van der Waals surface area contributed by atoms with Crippen LogP contribution in [0.3, 0.4) is 0 Å². The number of ether oxygens (including phenoxy) is 1. The second-order valence-corrected chi connectivity index (χ2v) is 10.7. The largest absolute Gasteiger partial charge is 0.463 e. The zero-order valence-corrected chi connectivity index (χ0v) is 17.7. The Kier molecular flexibility index (Phi) is 4.74. The molecular weight excluding hydrogens is 356 g/mol. The van der Waals surface area contributed by atoms with E-state index in [4.69, 9.17) is 4.74 Å². The predicted molar refractivity (Wildman–Crippen MR) is 104 cm³/mol. The van der Waals surface area contributed by atoms with E-state index in [9.17, 15) is 19.8 Å². The third-order valence-corrected chi connectivity index (χ3v) is 9.71. The second kappa shape index (κ2) is 6.53. The fraction of sp³-hybridized carbons (Fsp3) is 0.913. The van der Waals surface area contributed by atoms with Gasteiger partial charge in [0.2, 0.25) is 0 Å². The van der Waals surface area contributed by atoms with Crippen molar-refractivity contribution in [3.05, 3.63) is 0 Å². The van der Waals surface area contributed by atoms with Gasteiger partial charge in [0.05, 0.1) is 6.10 Å². The van der Waals surface area contributed by atoms with Crippen LogP contribution in [0.5, 0.6) is 0 Å². The van der Waals surface area contributed by atoms with Crippen molar-refractivity contribution in [2.75, 3.05) is 0 Å². The fourth-order valence-electron chi connectivity index (χ4n) is 8.22. The molecule has 0 aromatic rings. The van der Waals surface area contributed by atoms with E-state index < -0.39 is 17.1 Å². The van der Waals surface area contributed by atoms with Crippen LogP contribution in [0.4, 0.5) is 0 Å². The zero-order valence-electron chi connectivity index (χ0n) is 17.7. The zero-order chi connectivity index (χ0) is 20.5. The lowest BCUT2D eigenvalue weighted by Gasteiger charge is -2.61. The number of Topliss-reactive ketones (excluding diaryl/α,β-unsaturated/α-hetero) is 1. The lowest BCUT2D eigenvalue weighted by Crippen LogP contribution is -2.60. The highest BCUT2D eigenvalue weighted by Crippen LogP contribution is 2.68. The van der Waals surface area contributed by atoms with Crippen LogP contribution in [0.25, 0.3) is 0 Å². The van der Waals surface area contributed by atoms with Crippen LogP contribution in [-0.4, -0.2) is 39.8 Å². The summed E-state index contributed by atoms with van der Waals surface area (Å²) < 4.78 is 5.53. The van der Waals surface area contributed by atoms with Gasteiger partial charge in [-0.05, 0) is 87.4 Å². The van der Waals surface area contributed by atoms with Gasteiger partial charge in [0.1, 0.15) is 6.10 Å². The first-order chi connectivity index (χ1) is 13.0. The Morgan fingerprint density at radius 2 is 1.68 bits per heavy atom. The minimum absolute atomic E-state index is 0.0529. The van der Waals surface area contributed by atoms with Crippen LogP contribution in [0.2, 0.25) is 0 Å². The van der Waals surface area contributed by atoms with Crippen LogP contribution in [-0.2, 0) is 14.3 Å². The molecule has 0 bridgehead atoms. The summed E-state index contributed by atoms with van der Waals surface area (Å²) in [5.74, 6) is 1.30. The monoisotopic (exact) mass is 392 g/mol. The molecule has 0 aromatic heterocycles. The number of hydrogen-bond acceptors (Lipinski definition) is 5.